The number of carbonyl (C=O) groups is 4. The van der Waals surface area contributed by atoms with Crippen LogP contribution in [0.1, 0.15) is 41.1 Å². The summed E-state index contributed by atoms with van der Waals surface area (Å²) in [5.41, 5.74) is 2.35. The minimum Gasteiger partial charge on any atom is -0.379 e. The molecule has 4 aromatic rings. The van der Waals surface area contributed by atoms with E-state index in [4.69, 9.17) is 16.3 Å². The Bertz CT molecular complexity index is 1700. The van der Waals surface area contributed by atoms with Gasteiger partial charge in [0.05, 0.1) is 39.5 Å². The van der Waals surface area contributed by atoms with Gasteiger partial charge >= 0.3 is 0 Å². The SMILES string of the molecule is Cn1cc(NC(=O)c2cc(NC(=O)c3cc(NC(=O)c4ccc(Cl)s4)cn3C)cn2C)cc1C(=O)NCCN1CCOCC1. The van der Waals surface area contributed by atoms with Crippen molar-refractivity contribution in [1.82, 2.24) is 23.9 Å². The number of hydrogen-bond donors (Lipinski definition) is 4. The Hall–Kier alpha value is -4.37. The van der Waals surface area contributed by atoms with E-state index in [0.717, 1.165) is 31.0 Å². The lowest BCUT2D eigenvalue weighted by Gasteiger charge is -2.26. The van der Waals surface area contributed by atoms with E-state index >= 15 is 0 Å². The first-order valence-electron chi connectivity index (χ1n) is 13.8. The van der Waals surface area contributed by atoms with E-state index in [-0.39, 0.29) is 11.8 Å². The quantitative estimate of drug-likeness (QED) is 0.210. The average Bonchev–Trinajstić information content (AvgIpc) is 3.76. The molecule has 0 aliphatic carbocycles. The van der Waals surface area contributed by atoms with Crippen molar-refractivity contribution in [3.05, 3.63) is 75.2 Å². The highest BCUT2D eigenvalue weighted by Crippen LogP contribution is 2.24. The first-order chi connectivity index (χ1) is 21.1. The number of halogens is 1. The lowest BCUT2D eigenvalue weighted by atomic mass is 10.3. The van der Waals surface area contributed by atoms with Crippen LogP contribution in [0.25, 0.3) is 0 Å². The molecule has 232 valence electrons. The van der Waals surface area contributed by atoms with Crippen molar-refractivity contribution in [2.45, 2.75) is 0 Å². The summed E-state index contributed by atoms with van der Waals surface area (Å²) in [4.78, 5) is 54.0. The zero-order valence-electron chi connectivity index (χ0n) is 24.5. The molecule has 0 atom stereocenters. The number of aromatic nitrogens is 3. The molecule has 0 unspecified atom stereocenters. The van der Waals surface area contributed by atoms with E-state index in [0.29, 0.717) is 63.1 Å². The van der Waals surface area contributed by atoms with E-state index in [1.165, 1.54) is 0 Å². The molecular formula is C29H33ClN8O5S. The smallest absolute Gasteiger partial charge is 0.272 e. The number of nitrogens with zero attached hydrogens (tertiary/aromatic N) is 4. The predicted octanol–water partition coefficient (Wildman–Crippen LogP) is 3.24. The van der Waals surface area contributed by atoms with Gasteiger partial charge < -0.3 is 39.7 Å². The molecular weight excluding hydrogens is 608 g/mol. The van der Waals surface area contributed by atoms with Crippen molar-refractivity contribution in [2.24, 2.45) is 21.1 Å². The minimum absolute atomic E-state index is 0.232. The fourth-order valence-corrected chi connectivity index (χ4v) is 5.78. The first kappa shape index (κ1) is 31.1. The minimum atomic E-state index is -0.419. The molecule has 5 heterocycles. The molecule has 0 saturated carbocycles. The Kier molecular flexibility index (Phi) is 9.54. The van der Waals surface area contributed by atoms with Crippen molar-refractivity contribution >= 4 is 63.6 Å². The third-order valence-electron chi connectivity index (χ3n) is 7.10. The van der Waals surface area contributed by atoms with Crippen LogP contribution in [0.4, 0.5) is 17.1 Å². The number of nitrogens with one attached hydrogen (secondary N) is 4. The van der Waals surface area contributed by atoms with E-state index in [2.05, 4.69) is 26.2 Å². The molecule has 15 heteroatoms. The van der Waals surface area contributed by atoms with Gasteiger partial charge in [-0.2, -0.15) is 0 Å². The van der Waals surface area contributed by atoms with Gasteiger partial charge in [0.25, 0.3) is 23.6 Å². The Morgan fingerprint density at radius 3 is 1.70 bits per heavy atom. The van der Waals surface area contributed by atoms with Gasteiger partial charge in [0.15, 0.2) is 0 Å². The molecule has 1 fully saturated rings. The highest BCUT2D eigenvalue weighted by Gasteiger charge is 2.19. The Balaban J connectivity index is 1.17. The second-order valence-electron chi connectivity index (χ2n) is 10.4. The number of ether oxygens (including phenoxy) is 1. The molecule has 1 aliphatic rings. The van der Waals surface area contributed by atoms with Crippen LogP contribution in [-0.4, -0.2) is 81.6 Å². The molecule has 4 amide bonds. The predicted molar refractivity (Wildman–Crippen MR) is 169 cm³/mol. The third-order valence-corrected chi connectivity index (χ3v) is 8.33. The molecule has 0 bridgehead atoms. The Morgan fingerprint density at radius 2 is 1.23 bits per heavy atom. The summed E-state index contributed by atoms with van der Waals surface area (Å²) in [6, 6.07) is 8.01. The zero-order chi connectivity index (χ0) is 31.4. The van der Waals surface area contributed by atoms with Crippen LogP contribution in [0.15, 0.2) is 48.9 Å². The van der Waals surface area contributed by atoms with Gasteiger partial charge in [-0.25, -0.2) is 0 Å². The topological polar surface area (TPSA) is 144 Å². The van der Waals surface area contributed by atoms with Crippen LogP contribution in [0.5, 0.6) is 0 Å². The van der Waals surface area contributed by atoms with E-state index in [1.54, 1.807) is 83.8 Å². The molecule has 1 aliphatic heterocycles. The Morgan fingerprint density at radius 1 is 0.750 bits per heavy atom. The van der Waals surface area contributed by atoms with Gasteiger partial charge in [-0.3, -0.25) is 24.1 Å². The van der Waals surface area contributed by atoms with Gasteiger partial charge in [-0.15, -0.1) is 11.3 Å². The Labute approximate surface area is 262 Å². The number of morpholine rings is 1. The summed E-state index contributed by atoms with van der Waals surface area (Å²) in [6.07, 6.45) is 4.92. The molecule has 4 N–H and O–H groups in total. The number of aryl methyl sites for hydroxylation is 3. The largest absolute Gasteiger partial charge is 0.379 e. The molecule has 13 nitrogen and oxygen atoms in total. The van der Waals surface area contributed by atoms with Crippen molar-refractivity contribution in [3.8, 4) is 0 Å². The van der Waals surface area contributed by atoms with Crippen LogP contribution in [0, 0.1) is 0 Å². The van der Waals surface area contributed by atoms with Crippen LogP contribution < -0.4 is 21.3 Å². The molecule has 4 aromatic heterocycles. The number of thiophene rings is 1. The van der Waals surface area contributed by atoms with E-state index in [9.17, 15) is 19.2 Å². The lowest BCUT2D eigenvalue weighted by Crippen LogP contribution is -2.41. The van der Waals surface area contributed by atoms with Gasteiger partial charge in [-0.05, 0) is 30.3 Å². The summed E-state index contributed by atoms with van der Waals surface area (Å²) in [5.74, 6) is -1.38. The number of amides is 4. The normalized spacial score (nSPS) is 13.5. The summed E-state index contributed by atoms with van der Waals surface area (Å²) in [7, 11) is 5.12. The van der Waals surface area contributed by atoms with E-state index < -0.39 is 11.8 Å². The van der Waals surface area contributed by atoms with Gasteiger partial charge in [-0.1, -0.05) is 11.6 Å². The number of carbonyl (C=O) groups excluding carboxylic acids is 4. The molecule has 0 radical (unpaired) electrons. The lowest BCUT2D eigenvalue weighted by molar-refractivity contribution is 0.0383. The van der Waals surface area contributed by atoms with E-state index in [1.807, 2.05) is 0 Å². The van der Waals surface area contributed by atoms with Gasteiger partial charge in [0.1, 0.15) is 17.1 Å². The summed E-state index contributed by atoms with van der Waals surface area (Å²) >= 11 is 7.08. The second kappa shape index (κ2) is 13.5. The van der Waals surface area contributed by atoms with Crippen molar-refractivity contribution in [2.75, 3.05) is 55.3 Å². The molecule has 1 saturated heterocycles. The molecule has 44 heavy (non-hydrogen) atoms. The van der Waals surface area contributed by atoms with Crippen LogP contribution in [0.3, 0.4) is 0 Å². The highest BCUT2D eigenvalue weighted by atomic mass is 35.5. The third kappa shape index (κ3) is 7.39. The maximum atomic E-state index is 13.1. The standard InChI is InChI=1S/C29H33ClN8O5S/c1-35-15-18(12-21(35)26(39)31-6-7-38-8-10-43-11-9-38)32-27(40)22-13-19(16-36(22)2)33-28(41)23-14-20(17-37(23)3)34-29(42)24-4-5-25(30)44-24/h4-5,12-17H,6-11H2,1-3H3,(H,31,39)(H,32,40)(H,33,41)(H,34,42). The summed E-state index contributed by atoms with van der Waals surface area (Å²) < 4.78 is 10.7. The zero-order valence-corrected chi connectivity index (χ0v) is 26.1. The van der Waals surface area contributed by atoms with Crippen LogP contribution in [0.2, 0.25) is 4.34 Å². The van der Waals surface area contributed by atoms with Gasteiger partial charge in [0, 0.05) is 65.9 Å². The highest BCUT2D eigenvalue weighted by molar-refractivity contribution is 7.18. The molecule has 0 spiro atoms. The fraction of sp³-hybridized carbons (Fsp3) is 0.310. The van der Waals surface area contributed by atoms with Crippen LogP contribution in [-0.2, 0) is 25.9 Å². The maximum Gasteiger partial charge on any atom is 0.272 e. The number of anilines is 3. The van der Waals surface area contributed by atoms with Crippen LogP contribution >= 0.6 is 22.9 Å². The number of rotatable bonds is 10. The maximum absolute atomic E-state index is 13.1. The first-order valence-corrected chi connectivity index (χ1v) is 15.0. The molecule has 5 rings (SSSR count). The van der Waals surface area contributed by atoms with Crippen molar-refractivity contribution < 1.29 is 23.9 Å². The molecule has 0 aromatic carbocycles. The summed E-state index contributed by atoms with van der Waals surface area (Å²) in [5, 5.41) is 11.3. The van der Waals surface area contributed by atoms with Gasteiger partial charge in [0.2, 0.25) is 0 Å². The average molecular weight is 641 g/mol. The second-order valence-corrected chi connectivity index (χ2v) is 12.1. The van der Waals surface area contributed by atoms with Crippen molar-refractivity contribution in [3.63, 3.8) is 0 Å². The monoisotopic (exact) mass is 640 g/mol. The fourth-order valence-electron chi connectivity index (χ4n) is 4.84. The number of hydrogen-bond acceptors (Lipinski definition) is 7. The summed E-state index contributed by atoms with van der Waals surface area (Å²) in [6.45, 7) is 4.34. The van der Waals surface area contributed by atoms with Crippen molar-refractivity contribution in [1.29, 1.82) is 0 Å².